The van der Waals surface area contributed by atoms with E-state index in [0.29, 0.717) is 17.0 Å². The number of hydrogen-bond donors (Lipinski definition) is 1. The number of methoxy groups -OCH3 is 1. The minimum atomic E-state index is -0.196. The van der Waals surface area contributed by atoms with Gasteiger partial charge in [0.2, 0.25) is 0 Å². The van der Waals surface area contributed by atoms with Gasteiger partial charge in [-0.05, 0) is 46.3 Å². The molecule has 0 saturated heterocycles. The van der Waals surface area contributed by atoms with E-state index in [4.69, 9.17) is 4.74 Å². The van der Waals surface area contributed by atoms with Crippen molar-refractivity contribution in [2.24, 2.45) is 0 Å². The highest BCUT2D eigenvalue weighted by atomic mass is 79.9. The van der Waals surface area contributed by atoms with Crippen molar-refractivity contribution in [1.29, 1.82) is 0 Å². The first-order valence-electron chi connectivity index (χ1n) is 5.60. The molecule has 2 rings (SSSR count). The van der Waals surface area contributed by atoms with Crippen LogP contribution in [0.4, 0.5) is 5.69 Å². The van der Waals surface area contributed by atoms with E-state index in [1.54, 1.807) is 19.2 Å². The van der Waals surface area contributed by atoms with Crippen LogP contribution in [0.25, 0.3) is 0 Å². The van der Waals surface area contributed by atoms with Crippen molar-refractivity contribution < 1.29 is 9.53 Å². The third kappa shape index (κ3) is 3.84. The summed E-state index contributed by atoms with van der Waals surface area (Å²) in [5.41, 5.74) is 1.21. The fourth-order valence-corrected chi connectivity index (χ4v) is 2.88. The molecule has 2 aromatic rings. The molecule has 0 saturated carbocycles. The summed E-state index contributed by atoms with van der Waals surface area (Å²) in [7, 11) is 1.58. The molecule has 0 aliphatic rings. The maximum atomic E-state index is 12.3. The topological polar surface area (TPSA) is 38.3 Å². The zero-order valence-corrected chi connectivity index (χ0v) is 15.2. The largest absolute Gasteiger partial charge is 0.497 e. The predicted molar refractivity (Wildman–Crippen MR) is 90.5 cm³/mol. The van der Waals surface area contributed by atoms with Gasteiger partial charge in [-0.25, -0.2) is 0 Å². The Morgan fingerprint density at radius 1 is 1.05 bits per heavy atom. The second kappa shape index (κ2) is 6.74. The Bertz CT molecular complexity index is 659. The molecule has 1 amide bonds. The Morgan fingerprint density at radius 3 is 2.50 bits per heavy atom. The van der Waals surface area contributed by atoms with Crippen molar-refractivity contribution in [3.63, 3.8) is 0 Å². The van der Waals surface area contributed by atoms with E-state index >= 15 is 0 Å². The van der Waals surface area contributed by atoms with E-state index in [9.17, 15) is 4.79 Å². The molecule has 0 fully saturated rings. The van der Waals surface area contributed by atoms with E-state index in [-0.39, 0.29) is 5.91 Å². The summed E-state index contributed by atoms with van der Waals surface area (Å²) in [6, 6.07) is 10.8. The molecule has 2 aromatic carbocycles. The van der Waals surface area contributed by atoms with Crippen molar-refractivity contribution in [2.45, 2.75) is 0 Å². The number of carbonyl (C=O) groups is 1. The van der Waals surface area contributed by atoms with Crippen molar-refractivity contribution in [3.05, 3.63) is 55.4 Å². The normalized spacial score (nSPS) is 10.2. The molecule has 6 heteroatoms. The lowest BCUT2D eigenvalue weighted by Crippen LogP contribution is -2.12. The molecule has 0 radical (unpaired) electrons. The lowest BCUT2D eigenvalue weighted by atomic mass is 10.2. The molecular formula is C14H10Br3NO2. The highest BCUT2D eigenvalue weighted by Crippen LogP contribution is 2.26. The standard InChI is InChI=1S/C14H10Br3NO2/c1-20-11-5-9(16)4-10(7-11)18-14(19)12-6-8(15)2-3-13(12)17/h2-7H,1H3,(H,18,19). The summed E-state index contributed by atoms with van der Waals surface area (Å²) < 4.78 is 7.58. The lowest BCUT2D eigenvalue weighted by molar-refractivity contribution is 0.102. The van der Waals surface area contributed by atoms with Crippen LogP contribution in [0.1, 0.15) is 10.4 Å². The van der Waals surface area contributed by atoms with E-state index in [1.165, 1.54) is 0 Å². The number of amides is 1. The van der Waals surface area contributed by atoms with Gasteiger partial charge in [0.1, 0.15) is 5.75 Å². The maximum Gasteiger partial charge on any atom is 0.256 e. The average molecular weight is 464 g/mol. The van der Waals surface area contributed by atoms with Gasteiger partial charge in [-0.15, -0.1) is 0 Å². The predicted octanol–water partition coefficient (Wildman–Crippen LogP) is 5.24. The molecular weight excluding hydrogens is 454 g/mol. The molecule has 0 bridgehead atoms. The third-order valence-electron chi connectivity index (χ3n) is 2.54. The lowest BCUT2D eigenvalue weighted by Gasteiger charge is -2.09. The van der Waals surface area contributed by atoms with Crippen LogP contribution in [0.15, 0.2) is 49.8 Å². The SMILES string of the molecule is COc1cc(Br)cc(NC(=O)c2cc(Br)ccc2Br)c1. The number of ether oxygens (including phenoxy) is 1. The molecule has 0 atom stereocenters. The highest BCUT2D eigenvalue weighted by Gasteiger charge is 2.11. The summed E-state index contributed by atoms with van der Waals surface area (Å²) >= 11 is 10.1. The maximum absolute atomic E-state index is 12.3. The van der Waals surface area contributed by atoms with Gasteiger partial charge < -0.3 is 10.1 Å². The molecule has 0 heterocycles. The average Bonchev–Trinajstić information content (AvgIpc) is 2.40. The van der Waals surface area contributed by atoms with Crippen LogP contribution in [0.5, 0.6) is 5.75 Å². The van der Waals surface area contributed by atoms with Crippen molar-refractivity contribution >= 4 is 59.4 Å². The number of carbonyl (C=O) groups excluding carboxylic acids is 1. The van der Waals surface area contributed by atoms with Crippen LogP contribution >= 0.6 is 47.8 Å². The fourth-order valence-electron chi connectivity index (χ4n) is 1.62. The molecule has 0 aromatic heterocycles. The number of anilines is 1. The van der Waals surface area contributed by atoms with E-state index in [0.717, 1.165) is 13.4 Å². The van der Waals surface area contributed by atoms with Gasteiger partial charge in [-0.2, -0.15) is 0 Å². The molecule has 104 valence electrons. The van der Waals surface area contributed by atoms with Crippen LogP contribution in [-0.2, 0) is 0 Å². The Balaban J connectivity index is 2.27. The number of hydrogen-bond acceptors (Lipinski definition) is 2. The Labute approximate surface area is 142 Å². The van der Waals surface area contributed by atoms with Gasteiger partial charge in [0.05, 0.1) is 12.7 Å². The number of halogens is 3. The van der Waals surface area contributed by atoms with Gasteiger partial charge in [0.25, 0.3) is 5.91 Å². The van der Waals surface area contributed by atoms with E-state index in [1.807, 2.05) is 24.3 Å². The van der Waals surface area contributed by atoms with Gasteiger partial charge >= 0.3 is 0 Å². The zero-order valence-electron chi connectivity index (χ0n) is 10.4. The van der Waals surface area contributed by atoms with Crippen LogP contribution in [0, 0.1) is 0 Å². The molecule has 0 aliphatic carbocycles. The summed E-state index contributed by atoms with van der Waals surface area (Å²) in [4.78, 5) is 12.3. The van der Waals surface area contributed by atoms with Crippen molar-refractivity contribution in [1.82, 2.24) is 0 Å². The first-order valence-corrected chi connectivity index (χ1v) is 7.98. The van der Waals surface area contributed by atoms with Gasteiger partial charge in [-0.1, -0.05) is 31.9 Å². The number of nitrogens with one attached hydrogen (secondary N) is 1. The second-order valence-electron chi connectivity index (χ2n) is 3.96. The smallest absolute Gasteiger partial charge is 0.256 e. The quantitative estimate of drug-likeness (QED) is 0.676. The van der Waals surface area contributed by atoms with Crippen molar-refractivity contribution in [3.8, 4) is 5.75 Å². The molecule has 0 unspecified atom stereocenters. The Kier molecular flexibility index (Phi) is 5.23. The Morgan fingerprint density at radius 2 is 1.80 bits per heavy atom. The van der Waals surface area contributed by atoms with E-state index < -0.39 is 0 Å². The van der Waals surface area contributed by atoms with E-state index in [2.05, 4.69) is 53.1 Å². The van der Waals surface area contributed by atoms with Crippen LogP contribution in [0.3, 0.4) is 0 Å². The summed E-state index contributed by atoms with van der Waals surface area (Å²) in [5.74, 6) is 0.473. The van der Waals surface area contributed by atoms with Gasteiger partial charge in [-0.3, -0.25) is 4.79 Å². The number of benzene rings is 2. The van der Waals surface area contributed by atoms with Crippen LogP contribution in [0.2, 0.25) is 0 Å². The molecule has 0 aliphatic heterocycles. The molecule has 1 N–H and O–H groups in total. The third-order valence-corrected chi connectivity index (χ3v) is 4.18. The minimum absolute atomic E-state index is 0.196. The highest BCUT2D eigenvalue weighted by molar-refractivity contribution is 9.11. The van der Waals surface area contributed by atoms with Crippen LogP contribution < -0.4 is 10.1 Å². The number of rotatable bonds is 3. The summed E-state index contributed by atoms with van der Waals surface area (Å²) in [6.45, 7) is 0. The molecule has 3 nitrogen and oxygen atoms in total. The summed E-state index contributed by atoms with van der Waals surface area (Å²) in [6.07, 6.45) is 0. The minimum Gasteiger partial charge on any atom is -0.497 e. The van der Waals surface area contributed by atoms with Crippen LogP contribution in [-0.4, -0.2) is 13.0 Å². The first kappa shape index (κ1) is 15.5. The van der Waals surface area contributed by atoms with Gasteiger partial charge in [0, 0.05) is 25.2 Å². The second-order valence-corrected chi connectivity index (χ2v) is 6.64. The fraction of sp³-hybridized carbons (Fsp3) is 0.0714. The molecule has 0 spiro atoms. The zero-order chi connectivity index (χ0) is 14.7. The Hall–Kier alpha value is -0.850. The van der Waals surface area contributed by atoms with Gasteiger partial charge in [0.15, 0.2) is 0 Å². The molecule has 20 heavy (non-hydrogen) atoms. The monoisotopic (exact) mass is 461 g/mol. The van der Waals surface area contributed by atoms with Crippen molar-refractivity contribution in [2.75, 3.05) is 12.4 Å². The first-order chi connectivity index (χ1) is 9.49. The summed E-state index contributed by atoms with van der Waals surface area (Å²) in [5, 5.41) is 2.84.